The Labute approximate surface area is 293 Å². The van der Waals surface area contributed by atoms with Crippen LogP contribution in [-0.4, -0.2) is 39.7 Å². The van der Waals surface area contributed by atoms with E-state index in [0.717, 1.165) is 25.9 Å². The minimum atomic E-state index is -2.86. The van der Waals surface area contributed by atoms with E-state index in [4.69, 9.17) is 27.9 Å². The van der Waals surface area contributed by atoms with Gasteiger partial charge in [0.05, 0.1) is 18.3 Å². The summed E-state index contributed by atoms with van der Waals surface area (Å²) < 4.78 is 29.4. The molecule has 6 nitrogen and oxygen atoms in total. The third-order valence-electron chi connectivity index (χ3n) is 2.05. The van der Waals surface area contributed by atoms with Crippen molar-refractivity contribution in [3.05, 3.63) is 37.1 Å². The summed E-state index contributed by atoms with van der Waals surface area (Å²) in [6, 6.07) is 0. The van der Waals surface area contributed by atoms with Gasteiger partial charge in [0.25, 0.3) is 0 Å². The van der Waals surface area contributed by atoms with Gasteiger partial charge in [0.2, 0.25) is 0 Å². The van der Waals surface area contributed by atoms with Crippen molar-refractivity contribution in [2.24, 2.45) is 0 Å². The molecule has 0 aliphatic heterocycles. The molecule has 3 N–H and O–H groups in total. The van der Waals surface area contributed by atoms with Crippen LogP contribution in [0.3, 0.4) is 0 Å². The van der Waals surface area contributed by atoms with Crippen LogP contribution in [0.4, 0.5) is 0 Å². The van der Waals surface area contributed by atoms with E-state index in [-0.39, 0.29) is 198 Å². The Morgan fingerprint density at radius 2 is 0.879 bits per heavy atom. The van der Waals surface area contributed by atoms with E-state index in [0.29, 0.717) is 0 Å². The van der Waals surface area contributed by atoms with Crippen molar-refractivity contribution in [3.63, 3.8) is 0 Å². The van der Waals surface area contributed by atoms with Gasteiger partial charge in [0, 0.05) is 116 Å². The van der Waals surface area contributed by atoms with Crippen LogP contribution in [0, 0.1) is 37.1 Å². The molecule has 0 aromatic carbocycles. The predicted molar refractivity (Wildman–Crippen MR) is 148 cm³/mol. The third-order valence-corrected chi connectivity index (χ3v) is 2.05. The number of hydrogen-bond acceptors (Lipinski definition) is 6. The Morgan fingerprint density at radius 3 is 0.970 bits per heavy atom. The molecule has 0 saturated carbocycles. The molecule has 0 saturated heterocycles. The van der Waals surface area contributed by atoms with E-state index in [1.165, 1.54) is 0 Å². The molecule has 0 amide bonds. The second-order valence-electron chi connectivity index (χ2n) is 4.04. The normalized spacial score (nSPS) is 8.39. The summed E-state index contributed by atoms with van der Waals surface area (Å²) in [5.74, 6) is 0. The molecule has 0 aromatic rings. The molecule has 0 bridgehead atoms. The van der Waals surface area contributed by atoms with Crippen molar-refractivity contribution in [1.29, 1.82) is 0 Å². The number of rotatable bonds is 6. The zero-order chi connectivity index (χ0) is 15.8. The van der Waals surface area contributed by atoms with Crippen LogP contribution in [0.5, 0.6) is 0 Å². The average Bonchev–Trinajstić information content (AvgIpc) is 2.27. The van der Waals surface area contributed by atoms with Gasteiger partial charge in [-0.2, -0.15) is 0 Å². The second-order valence-corrected chi connectivity index (χ2v) is 4.48. The van der Waals surface area contributed by atoms with Gasteiger partial charge in [0.15, 0.2) is 0 Å². The summed E-state index contributed by atoms with van der Waals surface area (Å²) in [7, 11) is -2.86. The summed E-state index contributed by atoms with van der Waals surface area (Å²) in [4.78, 5) is 0. The van der Waals surface area contributed by atoms with E-state index in [1.54, 1.807) is 13.8 Å². The first-order valence-corrected chi connectivity index (χ1v) is 7.50. The van der Waals surface area contributed by atoms with Crippen molar-refractivity contribution >= 4 is 11.0 Å². The Hall–Kier alpha value is 3.10. The zero-order valence-electron chi connectivity index (χ0n) is 19.3. The van der Waals surface area contributed by atoms with E-state index in [1.807, 2.05) is 13.8 Å². The molecule has 0 aromatic heterocycles. The molecule has 217 valence electrons. The topological polar surface area (TPSA) is 104 Å². The maximum Gasteiger partial charge on any atom is 0.0596 e. The molecule has 0 aliphatic rings. The second kappa shape index (κ2) is 101. The first-order valence-electron chi connectivity index (χ1n) is 6.47. The molecule has 0 fully saturated rings. The summed E-state index contributed by atoms with van der Waals surface area (Å²) >= 11 is 0. The van der Waals surface area contributed by atoms with Crippen molar-refractivity contribution in [2.75, 3.05) is 6.61 Å². The van der Waals surface area contributed by atoms with Gasteiger partial charge in [-0.25, -0.2) is 0 Å². The maximum absolute atomic E-state index is 9.00. The quantitative estimate of drug-likeness (QED) is 0.110. The van der Waals surface area contributed by atoms with Crippen LogP contribution in [0.2, 0.25) is 0 Å². The number of ether oxygens (including phenoxy) is 1. The first kappa shape index (κ1) is 122. The molecular formula is C23H68O6SY3-6. The predicted octanol–water partition coefficient (Wildman–Crippen LogP) is 8.18. The van der Waals surface area contributed by atoms with Crippen molar-refractivity contribution < 1.29 is 126 Å². The zero-order valence-corrected chi connectivity index (χ0v) is 28.6. The Bertz CT molecular complexity index is 240. The Kier molecular flexibility index (Phi) is 373. The van der Waals surface area contributed by atoms with Gasteiger partial charge >= 0.3 is 0 Å². The average molecular weight is 740 g/mol. The summed E-state index contributed by atoms with van der Waals surface area (Å²) in [5.41, 5.74) is 0. The van der Waals surface area contributed by atoms with Crippen LogP contribution in [0.15, 0.2) is 0 Å². The largest absolute Gasteiger partial charge is 0.439 e. The van der Waals surface area contributed by atoms with Crippen LogP contribution < -0.4 is 0 Å². The van der Waals surface area contributed by atoms with Crippen molar-refractivity contribution in [1.82, 2.24) is 0 Å². The smallest absolute Gasteiger partial charge is 0.0596 e. The molecule has 0 heterocycles. The summed E-state index contributed by atoms with van der Waals surface area (Å²) in [6.45, 7) is 10.3. The molecular weight excluding hydrogens is 671 g/mol. The first-order chi connectivity index (χ1) is 8.70. The molecule has 10 heteroatoms. The molecule has 0 rings (SSSR count). The van der Waals surface area contributed by atoms with Crippen molar-refractivity contribution in [2.45, 2.75) is 117 Å². The number of aliphatic hydroxyl groups is 2. The van der Waals surface area contributed by atoms with Gasteiger partial charge in [-0.3, -0.25) is 0 Å². The molecule has 0 spiro atoms. The van der Waals surface area contributed by atoms with E-state index < -0.39 is 11.0 Å². The molecule has 33 heavy (non-hydrogen) atoms. The monoisotopic (exact) mass is 739 g/mol. The summed E-state index contributed by atoms with van der Waals surface area (Å²) in [5, 5.41) is 17.4. The number of hydrogen-bond donors (Lipinski definition) is 3. The van der Waals surface area contributed by atoms with Gasteiger partial charge in [-0.15, -0.1) is 0 Å². The fraction of sp³-hybridized carbons (Fsp3) is 0.783. The molecule has 0 aliphatic carbocycles. The van der Waals surface area contributed by atoms with Crippen LogP contribution >= 0.6 is 0 Å². The minimum Gasteiger partial charge on any atom is -0.439 e. The third kappa shape index (κ3) is 193. The standard InChI is InChI=1S/C8H18O2.C4H10O.6CH4.5CH3.HO3S.3Y/c1-4-8(10-5-2)6-7(3)9;1-3-4(2)5;;;;;;;;;;;;1-4(2)3;;;/h7-9H,4-6H2,1-3H3;4-5H,3H2,1-2H3;6*1H4;5*1H3;(H,1,2,3);;;/q;;;;;;;;6*-1;;;. The minimum absolute atomic E-state index is 0. The fourth-order valence-electron chi connectivity index (χ4n) is 0.969. The fourth-order valence-corrected chi connectivity index (χ4v) is 0.969. The Balaban J connectivity index is -0.00000000680. The summed E-state index contributed by atoms with van der Waals surface area (Å²) in [6.07, 6.45) is 2.49. The number of aliphatic hydroxyl groups excluding tert-OH is 2. The molecule has 3 unspecified atom stereocenters. The van der Waals surface area contributed by atoms with Gasteiger partial charge in [-0.05, 0) is 40.0 Å². The van der Waals surface area contributed by atoms with E-state index >= 15 is 0 Å². The van der Waals surface area contributed by atoms with Crippen LogP contribution in [-0.2, 0) is 122 Å². The maximum atomic E-state index is 9.00. The van der Waals surface area contributed by atoms with Crippen molar-refractivity contribution in [3.8, 4) is 0 Å². The van der Waals surface area contributed by atoms with Gasteiger partial charge < -0.3 is 65.1 Å². The molecule has 3 radical (unpaired) electrons. The van der Waals surface area contributed by atoms with E-state index in [2.05, 4.69) is 6.92 Å². The van der Waals surface area contributed by atoms with Gasteiger partial charge in [0.1, 0.15) is 0 Å². The SMILES string of the molecule is C.C.C.C.C.C.CCC(C)O.CCOC(CC)CC(C)O.O=[S-](=O)O.[CH3-].[CH3-].[CH3-].[CH3-].[CH3-].[Y].[Y].[Y]. The Morgan fingerprint density at radius 1 is 0.667 bits per heavy atom. The van der Waals surface area contributed by atoms with Gasteiger partial charge in [-0.1, -0.05) is 58.4 Å². The van der Waals surface area contributed by atoms with Crippen LogP contribution in [0.25, 0.3) is 0 Å². The van der Waals surface area contributed by atoms with E-state index in [9.17, 15) is 0 Å². The van der Waals surface area contributed by atoms with Crippen LogP contribution in [0.1, 0.15) is 98.4 Å². The molecule has 3 atom stereocenters.